The van der Waals surface area contributed by atoms with Crippen molar-refractivity contribution in [2.24, 2.45) is 0 Å². The Morgan fingerprint density at radius 1 is 0.438 bits per heavy atom. The van der Waals surface area contributed by atoms with Gasteiger partial charge in [0.15, 0.2) is 0 Å². The molecule has 0 saturated heterocycles. The van der Waals surface area contributed by atoms with E-state index < -0.39 is 0 Å². The topological polar surface area (TPSA) is 18.1 Å². The molecular formula is C30H19NO. The second kappa shape index (κ2) is 6.60. The van der Waals surface area contributed by atoms with E-state index in [-0.39, 0.29) is 0 Å². The summed E-state index contributed by atoms with van der Waals surface area (Å²) in [5.41, 5.74) is 7.86. The molecule has 0 aliphatic rings. The number of rotatable bonds is 2. The van der Waals surface area contributed by atoms with Crippen LogP contribution in [0.5, 0.6) is 0 Å². The van der Waals surface area contributed by atoms with Crippen molar-refractivity contribution in [2.45, 2.75) is 0 Å². The zero-order valence-corrected chi connectivity index (χ0v) is 17.3. The molecular weight excluding hydrogens is 390 g/mol. The van der Waals surface area contributed by atoms with Gasteiger partial charge in [0.1, 0.15) is 11.2 Å². The fourth-order valence-electron chi connectivity index (χ4n) is 4.99. The van der Waals surface area contributed by atoms with E-state index in [2.05, 4.69) is 108 Å². The first-order chi connectivity index (χ1) is 15.9. The fourth-order valence-corrected chi connectivity index (χ4v) is 4.99. The van der Waals surface area contributed by atoms with E-state index in [0.29, 0.717) is 0 Å². The van der Waals surface area contributed by atoms with Gasteiger partial charge in [0.2, 0.25) is 0 Å². The fraction of sp³-hybridized carbons (Fsp3) is 0. The van der Waals surface area contributed by atoms with Crippen molar-refractivity contribution in [1.82, 2.24) is 4.57 Å². The Balaban J connectivity index is 1.55. The lowest BCUT2D eigenvalue weighted by atomic mass is 10.1. The third kappa shape index (κ3) is 2.41. The van der Waals surface area contributed by atoms with E-state index in [1.165, 1.54) is 38.3 Å². The number of hydrogen-bond donors (Lipinski definition) is 0. The molecule has 0 N–H and O–H groups in total. The molecule has 0 spiro atoms. The molecule has 2 aromatic heterocycles. The van der Waals surface area contributed by atoms with Crippen LogP contribution in [0.2, 0.25) is 0 Å². The minimum Gasteiger partial charge on any atom is -0.456 e. The average Bonchev–Trinajstić information content (AvgIpc) is 3.40. The molecule has 2 heteroatoms. The minimum absolute atomic E-state index is 0.930. The standard InChI is InChI=1S/C30H19NO/c1-2-8-20(9-3-1)21-14-16-22(17-15-21)31-25-12-6-4-10-23(25)29-26(31)18-19-28-30(29)24-11-5-7-13-27(24)32-28/h1-19H. The maximum absolute atomic E-state index is 6.18. The molecule has 2 heterocycles. The predicted molar refractivity (Wildman–Crippen MR) is 133 cm³/mol. The number of nitrogens with zero attached hydrogens (tertiary/aromatic N) is 1. The van der Waals surface area contributed by atoms with Crippen LogP contribution in [0.15, 0.2) is 120 Å². The monoisotopic (exact) mass is 409 g/mol. The van der Waals surface area contributed by atoms with Crippen molar-refractivity contribution in [3.05, 3.63) is 115 Å². The summed E-state index contributed by atoms with van der Waals surface area (Å²) in [6.45, 7) is 0. The normalized spacial score (nSPS) is 11.8. The predicted octanol–water partition coefficient (Wildman–Crippen LogP) is 8.35. The van der Waals surface area contributed by atoms with Gasteiger partial charge in [0.05, 0.1) is 11.0 Å². The van der Waals surface area contributed by atoms with Crippen LogP contribution in [-0.4, -0.2) is 4.57 Å². The summed E-state index contributed by atoms with van der Waals surface area (Å²) in [5, 5.41) is 4.84. The molecule has 7 aromatic rings. The first kappa shape index (κ1) is 17.4. The highest BCUT2D eigenvalue weighted by Crippen LogP contribution is 2.41. The Hall–Kier alpha value is -4.30. The first-order valence-corrected chi connectivity index (χ1v) is 10.9. The van der Waals surface area contributed by atoms with Crippen LogP contribution in [-0.2, 0) is 0 Å². The number of fused-ring (bicyclic) bond motifs is 7. The number of para-hydroxylation sites is 2. The van der Waals surface area contributed by atoms with Crippen molar-refractivity contribution >= 4 is 43.7 Å². The quantitative estimate of drug-likeness (QED) is 0.280. The summed E-state index contributed by atoms with van der Waals surface area (Å²) in [5.74, 6) is 0. The SMILES string of the molecule is c1ccc(-c2ccc(-n3c4ccccc4c4c5c(ccc43)oc3ccccc35)cc2)cc1. The number of benzene rings is 5. The zero-order valence-electron chi connectivity index (χ0n) is 17.3. The van der Waals surface area contributed by atoms with Crippen molar-refractivity contribution in [1.29, 1.82) is 0 Å². The van der Waals surface area contributed by atoms with Gasteiger partial charge >= 0.3 is 0 Å². The van der Waals surface area contributed by atoms with Crippen LogP contribution < -0.4 is 0 Å². The molecule has 32 heavy (non-hydrogen) atoms. The van der Waals surface area contributed by atoms with Crippen LogP contribution in [0.4, 0.5) is 0 Å². The van der Waals surface area contributed by atoms with Gasteiger partial charge in [0, 0.05) is 27.2 Å². The van der Waals surface area contributed by atoms with E-state index in [4.69, 9.17) is 4.42 Å². The Kier molecular flexibility index (Phi) is 3.58. The smallest absolute Gasteiger partial charge is 0.136 e. The van der Waals surface area contributed by atoms with Crippen molar-refractivity contribution in [3.63, 3.8) is 0 Å². The third-order valence-corrected chi connectivity index (χ3v) is 6.41. The lowest BCUT2D eigenvalue weighted by molar-refractivity contribution is 0.669. The van der Waals surface area contributed by atoms with E-state index in [0.717, 1.165) is 22.2 Å². The lowest BCUT2D eigenvalue weighted by Gasteiger charge is -2.09. The molecule has 150 valence electrons. The maximum Gasteiger partial charge on any atom is 0.136 e. The third-order valence-electron chi connectivity index (χ3n) is 6.41. The van der Waals surface area contributed by atoms with Crippen LogP contribution in [0.25, 0.3) is 60.6 Å². The van der Waals surface area contributed by atoms with Crippen LogP contribution >= 0.6 is 0 Å². The Labute approximate surface area is 184 Å². The van der Waals surface area contributed by atoms with Gasteiger partial charge in [-0.1, -0.05) is 78.9 Å². The minimum atomic E-state index is 0.930. The summed E-state index contributed by atoms with van der Waals surface area (Å²) in [6, 6.07) is 40.6. The zero-order chi connectivity index (χ0) is 21.1. The molecule has 0 atom stereocenters. The van der Waals surface area contributed by atoms with Gasteiger partial charge in [-0.15, -0.1) is 0 Å². The van der Waals surface area contributed by atoms with Crippen molar-refractivity contribution in [3.8, 4) is 16.8 Å². The highest BCUT2D eigenvalue weighted by atomic mass is 16.3. The molecule has 0 radical (unpaired) electrons. The van der Waals surface area contributed by atoms with Gasteiger partial charge < -0.3 is 8.98 Å². The molecule has 0 aliphatic heterocycles. The Bertz CT molecular complexity index is 1750. The Morgan fingerprint density at radius 3 is 1.97 bits per heavy atom. The highest BCUT2D eigenvalue weighted by Gasteiger charge is 2.18. The number of aromatic nitrogens is 1. The van der Waals surface area contributed by atoms with Crippen LogP contribution in [0.3, 0.4) is 0 Å². The van der Waals surface area contributed by atoms with Crippen molar-refractivity contribution in [2.75, 3.05) is 0 Å². The lowest BCUT2D eigenvalue weighted by Crippen LogP contribution is -1.93. The van der Waals surface area contributed by atoms with E-state index in [1.54, 1.807) is 0 Å². The molecule has 0 bridgehead atoms. The summed E-state index contributed by atoms with van der Waals surface area (Å²) in [7, 11) is 0. The largest absolute Gasteiger partial charge is 0.456 e. The van der Waals surface area contributed by atoms with E-state index in [1.807, 2.05) is 12.1 Å². The van der Waals surface area contributed by atoms with Crippen LogP contribution in [0.1, 0.15) is 0 Å². The number of furan rings is 1. The maximum atomic E-state index is 6.18. The second-order valence-corrected chi connectivity index (χ2v) is 8.20. The van der Waals surface area contributed by atoms with Crippen molar-refractivity contribution < 1.29 is 4.42 Å². The molecule has 0 amide bonds. The molecule has 2 nitrogen and oxygen atoms in total. The first-order valence-electron chi connectivity index (χ1n) is 10.9. The summed E-state index contributed by atoms with van der Waals surface area (Å²) < 4.78 is 8.54. The van der Waals surface area contributed by atoms with Crippen LogP contribution in [0, 0.1) is 0 Å². The molecule has 0 fully saturated rings. The molecule has 7 rings (SSSR count). The molecule has 5 aromatic carbocycles. The summed E-state index contributed by atoms with van der Waals surface area (Å²) in [4.78, 5) is 0. The van der Waals surface area contributed by atoms with Gasteiger partial charge in [0.25, 0.3) is 0 Å². The summed E-state index contributed by atoms with van der Waals surface area (Å²) >= 11 is 0. The second-order valence-electron chi connectivity index (χ2n) is 8.20. The van der Waals surface area contributed by atoms with Gasteiger partial charge in [-0.05, 0) is 47.5 Å². The number of hydrogen-bond acceptors (Lipinski definition) is 1. The Morgan fingerprint density at radius 2 is 1.12 bits per heavy atom. The summed E-state index contributed by atoms with van der Waals surface area (Å²) in [6.07, 6.45) is 0. The van der Waals surface area contributed by atoms with Gasteiger partial charge in [-0.25, -0.2) is 0 Å². The molecule has 0 saturated carbocycles. The average molecular weight is 409 g/mol. The highest BCUT2D eigenvalue weighted by molar-refractivity contribution is 6.27. The van der Waals surface area contributed by atoms with Gasteiger partial charge in [-0.2, -0.15) is 0 Å². The molecule has 0 aliphatic carbocycles. The van der Waals surface area contributed by atoms with Gasteiger partial charge in [-0.3, -0.25) is 0 Å². The van der Waals surface area contributed by atoms with E-state index >= 15 is 0 Å². The molecule has 0 unspecified atom stereocenters. The van der Waals surface area contributed by atoms with E-state index in [9.17, 15) is 0 Å².